The van der Waals surface area contributed by atoms with Crippen molar-refractivity contribution in [2.75, 3.05) is 26.2 Å². The molecule has 2 heterocycles. The van der Waals surface area contributed by atoms with Crippen LogP contribution < -0.4 is 4.74 Å². The number of carbonyl (C=O) groups excluding carboxylic acids is 1. The maximum Gasteiger partial charge on any atom is 0.410 e. The number of H-pyrrole nitrogens is 1. The molecular formula is C25H31N3O5S. The highest BCUT2D eigenvalue weighted by molar-refractivity contribution is 7.89. The van der Waals surface area contributed by atoms with Crippen LogP contribution in [-0.2, 0) is 14.8 Å². The molecule has 4 rings (SSSR count). The number of carbonyl (C=O) groups is 1. The van der Waals surface area contributed by atoms with Crippen LogP contribution in [0.15, 0.2) is 47.5 Å². The van der Waals surface area contributed by atoms with E-state index in [1.165, 1.54) is 4.31 Å². The number of fused-ring (bicyclic) bond motifs is 1. The summed E-state index contributed by atoms with van der Waals surface area (Å²) in [6, 6.07) is 11.0. The number of aromatic amines is 1. The number of aromatic nitrogens is 1. The fraction of sp³-hybridized carbons (Fsp3) is 0.400. The number of nitrogens with one attached hydrogen (secondary N) is 1. The number of amides is 1. The molecule has 0 atom stereocenters. The zero-order valence-corrected chi connectivity index (χ0v) is 21.0. The Kier molecular flexibility index (Phi) is 6.35. The van der Waals surface area contributed by atoms with E-state index < -0.39 is 21.7 Å². The van der Waals surface area contributed by atoms with E-state index in [1.54, 1.807) is 44.0 Å². The van der Waals surface area contributed by atoms with Crippen LogP contribution in [0.25, 0.3) is 10.9 Å². The van der Waals surface area contributed by atoms with Gasteiger partial charge in [-0.3, -0.25) is 0 Å². The Morgan fingerprint density at radius 3 is 2.24 bits per heavy atom. The Morgan fingerprint density at radius 2 is 1.62 bits per heavy atom. The molecule has 9 heteroatoms. The Labute approximate surface area is 200 Å². The lowest BCUT2D eigenvalue weighted by Crippen LogP contribution is -2.51. The topological polar surface area (TPSA) is 91.9 Å². The molecule has 1 N–H and O–H groups in total. The minimum absolute atomic E-state index is 0.0901. The molecule has 0 unspecified atom stereocenters. The number of sulfonamides is 1. The number of hydrogen-bond acceptors (Lipinski definition) is 5. The second-order valence-electron chi connectivity index (χ2n) is 9.66. The van der Waals surface area contributed by atoms with E-state index in [0.717, 1.165) is 16.5 Å². The Hall–Kier alpha value is -3.04. The summed E-state index contributed by atoms with van der Waals surface area (Å²) in [4.78, 5) is 17.1. The third kappa shape index (κ3) is 5.20. The number of ether oxygens (including phenoxy) is 2. The number of hydrogen-bond donors (Lipinski definition) is 1. The van der Waals surface area contributed by atoms with E-state index in [4.69, 9.17) is 9.47 Å². The molecule has 0 bridgehead atoms. The van der Waals surface area contributed by atoms with Crippen molar-refractivity contribution < 1.29 is 22.7 Å². The van der Waals surface area contributed by atoms with Gasteiger partial charge in [0.15, 0.2) is 0 Å². The molecular weight excluding hydrogens is 454 g/mol. The van der Waals surface area contributed by atoms with E-state index >= 15 is 0 Å². The summed E-state index contributed by atoms with van der Waals surface area (Å²) in [5, 5.41) is 0.855. The van der Waals surface area contributed by atoms with Gasteiger partial charge in [-0.05, 0) is 76.1 Å². The second-order valence-corrected chi connectivity index (χ2v) is 11.6. The lowest BCUT2D eigenvalue weighted by molar-refractivity contribution is 0.0192. The molecule has 182 valence electrons. The molecule has 1 aromatic heterocycles. The number of rotatable bonds is 4. The van der Waals surface area contributed by atoms with Gasteiger partial charge < -0.3 is 19.4 Å². The van der Waals surface area contributed by atoms with Crippen molar-refractivity contribution in [2.24, 2.45) is 0 Å². The van der Waals surface area contributed by atoms with Crippen molar-refractivity contribution in [3.63, 3.8) is 0 Å². The van der Waals surface area contributed by atoms with E-state index in [2.05, 4.69) is 4.98 Å². The van der Waals surface area contributed by atoms with E-state index in [9.17, 15) is 13.2 Å². The van der Waals surface area contributed by atoms with Gasteiger partial charge in [0.05, 0.1) is 0 Å². The highest BCUT2D eigenvalue weighted by atomic mass is 32.2. The van der Waals surface area contributed by atoms with Crippen LogP contribution in [0.3, 0.4) is 0 Å². The van der Waals surface area contributed by atoms with Gasteiger partial charge in [0.1, 0.15) is 22.0 Å². The first kappa shape index (κ1) is 24.1. The number of benzene rings is 2. The van der Waals surface area contributed by atoms with Crippen LogP contribution in [0.1, 0.15) is 31.9 Å². The third-order valence-electron chi connectivity index (χ3n) is 5.55. The third-order valence-corrected chi connectivity index (χ3v) is 7.47. The quantitative estimate of drug-likeness (QED) is 0.572. The number of piperazine rings is 1. The van der Waals surface area contributed by atoms with Crippen LogP contribution >= 0.6 is 0 Å². The van der Waals surface area contributed by atoms with Crippen molar-refractivity contribution in [3.8, 4) is 11.5 Å². The van der Waals surface area contributed by atoms with Gasteiger partial charge >= 0.3 is 6.09 Å². The monoisotopic (exact) mass is 485 g/mol. The summed E-state index contributed by atoms with van der Waals surface area (Å²) in [6.07, 6.45) is 1.33. The molecule has 8 nitrogen and oxygen atoms in total. The number of nitrogens with zero attached hydrogens (tertiary/aromatic N) is 2. The standard InChI is InChI=1S/C25H31N3O5S/c1-17-12-18(2)14-20(13-17)32-22-15-19-6-7-26-21(19)16-23(22)34(30,31)28-10-8-27(9-11-28)24(29)33-25(3,4)5/h6-7,12-16,26H,8-11H2,1-5H3. The van der Waals surface area contributed by atoms with Crippen molar-refractivity contribution >= 4 is 27.0 Å². The first-order valence-electron chi connectivity index (χ1n) is 11.3. The first-order valence-corrected chi connectivity index (χ1v) is 12.7. The molecule has 0 aliphatic carbocycles. The van der Waals surface area contributed by atoms with E-state index in [-0.39, 0.29) is 36.8 Å². The first-order chi connectivity index (χ1) is 15.9. The van der Waals surface area contributed by atoms with Gasteiger partial charge in [-0.2, -0.15) is 4.31 Å². The fourth-order valence-electron chi connectivity index (χ4n) is 4.04. The SMILES string of the molecule is Cc1cc(C)cc(Oc2cc3cc[nH]c3cc2S(=O)(=O)N2CCN(C(=O)OC(C)(C)C)CC2)c1. The zero-order valence-electron chi connectivity index (χ0n) is 20.2. The lowest BCUT2D eigenvalue weighted by Gasteiger charge is -2.35. The van der Waals surface area contributed by atoms with Gasteiger partial charge in [-0.15, -0.1) is 0 Å². The number of aryl methyl sites for hydroxylation is 2. The zero-order chi connectivity index (χ0) is 24.7. The molecule has 0 radical (unpaired) electrons. The predicted octanol–water partition coefficient (Wildman–Crippen LogP) is 4.82. The second kappa shape index (κ2) is 8.96. The Balaban J connectivity index is 1.62. The largest absolute Gasteiger partial charge is 0.456 e. The van der Waals surface area contributed by atoms with Gasteiger partial charge in [-0.25, -0.2) is 13.2 Å². The maximum atomic E-state index is 13.7. The average Bonchev–Trinajstić information content (AvgIpc) is 3.19. The van der Waals surface area contributed by atoms with Crippen molar-refractivity contribution in [1.82, 2.24) is 14.2 Å². The van der Waals surface area contributed by atoms with Gasteiger partial charge in [0.25, 0.3) is 0 Å². The van der Waals surface area contributed by atoms with Gasteiger partial charge in [0.2, 0.25) is 10.0 Å². The summed E-state index contributed by atoms with van der Waals surface area (Å²) in [7, 11) is -3.88. The molecule has 0 saturated carbocycles. The minimum atomic E-state index is -3.88. The van der Waals surface area contributed by atoms with Crippen LogP contribution in [0.2, 0.25) is 0 Å². The maximum absolute atomic E-state index is 13.7. The Bertz CT molecular complexity index is 1300. The van der Waals surface area contributed by atoms with E-state index in [1.807, 2.05) is 38.1 Å². The minimum Gasteiger partial charge on any atom is -0.456 e. The highest BCUT2D eigenvalue weighted by Gasteiger charge is 2.34. The highest BCUT2D eigenvalue weighted by Crippen LogP contribution is 2.35. The summed E-state index contributed by atoms with van der Waals surface area (Å²) in [6.45, 7) is 10.2. The normalized spacial score (nSPS) is 15.5. The fourth-order valence-corrected chi connectivity index (χ4v) is 5.58. The van der Waals surface area contributed by atoms with Gasteiger partial charge in [0, 0.05) is 43.3 Å². The van der Waals surface area contributed by atoms with Crippen molar-refractivity contribution in [2.45, 2.75) is 45.1 Å². The Morgan fingerprint density at radius 1 is 0.971 bits per heavy atom. The molecule has 1 amide bonds. The van der Waals surface area contributed by atoms with Crippen LogP contribution in [-0.4, -0.2) is 60.5 Å². The summed E-state index contributed by atoms with van der Waals surface area (Å²) >= 11 is 0. The van der Waals surface area contributed by atoms with Crippen molar-refractivity contribution in [3.05, 3.63) is 53.7 Å². The smallest absolute Gasteiger partial charge is 0.410 e. The summed E-state index contributed by atoms with van der Waals surface area (Å²) < 4.78 is 40.4. The molecule has 1 saturated heterocycles. The predicted molar refractivity (Wildman–Crippen MR) is 131 cm³/mol. The van der Waals surface area contributed by atoms with Gasteiger partial charge in [-0.1, -0.05) is 6.07 Å². The molecule has 2 aromatic carbocycles. The molecule has 3 aromatic rings. The van der Waals surface area contributed by atoms with Crippen LogP contribution in [0.5, 0.6) is 11.5 Å². The lowest BCUT2D eigenvalue weighted by atomic mass is 10.1. The van der Waals surface area contributed by atoms with Crippen molar-refractivity contribution in [1.29, 1.82) is 0 Å². The van der Waals surface area contributed by atoms with Crippen LogP contribution in [0, 0.1) is 13.8 Å². The molecule has 0 spiro atoms. The van der Waals surface area contributed by atoms with Crippen LogP contribution in [0.4, 0.5) is 4.79 Å². The molecule has 34 heavy (non-hydrogen) atoms. The summed E-state index contributed by atoms with van der Waals surface area (Å²) in [5.74, 6) is 0.852. The average molecular weight is 486 g/mol. The molecule has 1 aliphatic rings. The summed E-state index contributed by atoms with van der Waals surface area (Å²) in [5.41, 5.74) is 2.16. The molecule has 1 fully saturated rings. The molecule has 1 aliphatic heterocycles. The van der Waals surface area contributed by atoms with E-state index in [0.29, 0.717) is 11.3 Å².